The minimum absolute atomic E-state index is 0.00561. The van der Waals surface area contributed by atoms with E-state index in [0.29, 0.717) is 23.3 Å². The molecule has 3 N–H and O–H groups in total. The van der Waals surface area contributed by atoms with Gasteiger partial charge in [-0.05, 0) is 35.4 Å². The average molecular weight is 479 g/mol. The number of anilines is 1. The average Bonchev–Trinajstić information content (AvgIpc) is 3.21. The highest BCUT2D eigenvalue weighted by Crippen LogP contribution is 2.28. The number of nitrogens with zero attached hydrogens (tertiary/aromatic N) is 3. The van der Waals surface area contributed by atoms with Crippen molar-refractivity contribution in [3.8, 4) is 0 Å². The van der Waals surface area contributed by atoms with Crippen LogP contribution in [0.25, 0.3) is 11.0 Å². The Morgan fingerprint density at radius 1 is 1.06 bits per heavy atom. The van der Waals surface area contributed by atoms with Gasteiger partial charge in [0.05, 0.1) is 16.2 Å². The van der Waals surface area contributed by atoms with E-state index in [4.69, 9.17) is 11.6 Å². The SMILES string of the molecule is O=C(NCc1ccnc(C(F)(F)F)c1)c1ncnc2c(NCc3ccc(F)c(Cl)c3)c[nH]c12. The predicted molar refractivity (Wildman–Crippen MR) is 113 cm³/mol. The van der Waals surface area contributed by atoms with Gasteiger partial charge in [0.1, 0.15) is 23.4 Å². The molecule has 1 amide bonds. The number of H-pyrrole nitrogens is 1. The molecule has 0 spiro atoms. The Balaban J connectivity index is 1.48. The summed E-state index contributed by atoms with van der Waals surface area (Å²) in [5.74, 6) is -1.11. The number of fused-ring (bicyclic) bond motifs is 1. The standard InChI is InChI=1S/C21H15ClF4N6O/c22-13-5-11(1-2-14(13)23)7-28-15-9-29-18-17(15)31-10-32-19(18)20(33)30-8-12-3-4-27-16(6-12)21(24,25)26/h1-6,9-10,28-29H,7-8H2,(H,30,33). The fraction of sp³-hybridized carbons (Fsp3) is 0.143. The molecule has 0 radical (unpaired) electrons. The molecule has 1 aromatic carbocycles. The van der Waals surface area contributed by atoms with Crippen LogP contribution in [0.4, 0.5) is 23.2 Å². The Labute approximate surface area is 189 Å². The molecule has 4 aromatic rings. The van der Waals surface area contributed by atoms with Crippen LogP contribution in [0.2, 0.25) is 5.02 Å². The van der Waals surface area contributed by atoms with Crippen molar-refractivity contribution in [1.29, 1.82) is 0 Å². The van der Waals surface area contributed by atoms with Gasteiger partial charge in [0.25, 0.3) is 5.91 Å². The normalized spacial score (nSPS) is 11.5. The molecule has 0 unspecified atom stereocenters. The van der Waals surface area contributed by atoms with Crippen LogP contribution in [0.15, 0.2) is 49.1 Å². The van der Waals surface area contributed by atoms with Crippen LogP contribution >= 0.6 is 11.6 Å². The number of hydrogen-bond donors (Lipinski definition) is 3. The van der Waals surface area contributed by atoms with Crippen molar-refractivity contribution in [3.63, 3.8) is 0 Å². The van der Waals surface area contributed by atoms with E-state index in [0.717, 1.165) is 17.8 Å². The lowest BCUT2D eigenvalue weighted by atomic mass is 10.2. The van der Waals surface area contributed by atoms with Gasteiger partial charge in [0, 0.05) is 25.5 Å². The van der Waals surface area contributed by atoms with Gasteiger partial charge in [0.15, 0.2) is 5.69 Å². The fourth-order valence-corrected chi connectivity index (χ4v) is 3.30. The number of carbonyl (C=O) groups excluding carboxylic acids is 1. The molecular formula is C21H15ClF4N6O. The minimum atomic E-state index is -4.58. The van der Waals surface area contributed by atoms with Gasteiger partial charge in [-0.3, -0.25) is 9.78 Å². The number of aromatic amines is 1. The van der Waals surface area contributed by atoms with Gasteiger partial charge in [-0.2, -0.15) is 13.2 Å². The Hall–Kier alpha value is -3.73. The smallest absolute Gasteiger partial charge is 0.378 e. The first-order valence-corrected chi connectivity index (χ1v) is 9.90. The van der Waals surface area contributed by atoms with Gasteiger partial charge >= 0.3 is 6.18 Å². The first-order valence-electron chi connectivity index (χ1n) is 9.52. The zero-order valence-corrected chi connectivity index (χ0v) is 17.4. The maximum absolute atomic E-state index is 13.3. The molecule has 170 valence electrons. The lowest BCUT2D eigenvalue weighted by Crippen LogP contribution is -2.24. The Morgan fingerprint density at radius 2 is 1.85 bits per heavy atom. The van der Waals surface area contributed by atoms with Crippen molar-refractivity contribution in [1.82, 2.24) is 25.3 Å². The van der Waals surface area contributed by atoms with Gasteiger partial charge in [0.2, 0.25) is 0 Å². The molecular weight excluding hydrogens is 464 g/mol. The largest absolute Gasteiger partial charge is 0.433 e. The van der Waals surface area contributed by atoms with Crippen LogP contribution in [-0.4, -0.2) is 25.8 Å². The van der Waals surface area contributed by atoms with Crippen LogP contribution < -0.4 is 10.6 Å². The van der Waals surface area contributed by atoms with E-state index >= 15 is 0 Å². The minimum Gasteiger partial charge on any atom is -0.378 e. The number of benzene rings is 1. The van der Waals surface area contributed by atoms with Crippen molar-refractivity contribution in [2.75, 3.05) is 5.32 Å². The maximum atomic E-state index is 13.3. The van der Waals surface area contributed by atoms with Gasteiger partial charge in [-0.25, -0.2) is 14.4 Å². The maximum Gasteiger partial charge on any atom is 0.433 e. The third-order valence-electron chi connectivity index (χ3n) is 4.71. The highest BCUT2D eigenvalue weighted by atomic mass is 35.5. The van der Waals surface area contributed by atoms with Crippen LogP contribution in [0.1, 0.15) is 27.3 Å². The van der Waals surface area contributed by atoms with Crippen molar-refractivity contribution in [2.24, 2.45) is 0 Å². The van der Waals surface area contributed by atoms with E-state index in [2.05, 4.69) is 30.6 Å². The molecule has 0 aliphatic heterocycles. The fourth-order valence-electron chi connectivity index (χ4n) is 3.10. The molecule has 0 saturated heterocycles. The van der Waals surface area contributed by atoms with Crippen molar-refractivity contribution in [2.45, 2.75) is 19.3 Å². The quantitative estimate of drug-likeness (QED) is 0.349. The van der Waals surface area contributed by atoms with Crippen molar-refractivity contribution in [3.05, 3.63) is 82.4 Å². The lowest BCUT2D eigenvalue weighted by Gasteiger charge is -2.09. The highest BCUT2D eigenvalue weighted by Gasteiger charge is 2.32. The molecule has 33 heavy (non-hydrogen) atoms. The lowest BCUT2D eigenvalue weighted by molar-refractivity contribution is -0.141. The molecule has 12 heteroatoms. The molecule has 0 bridgehead atoms. The summed E-state index contributed by atoms with van der Waals surface area (Å²) < 4.78 is 51.8. The zero-order valence-electron chi connectivity index (χ0n) is 16.7. The Kier molecular flexibility index (Phi) is 6.14. The molecule has 0 fully saturated rings. The van der Waals surface area contributed by atoms with Gasteiger partial charge in [-0.15, -0.1) is 0 Å². The molecule has 3 heterocycles. The topological polar surface area (TPSA) is 95.6 Å². The number of rotatable bonds is 6. The monoisotopic (exact) mass is 478 g/mol. The third kappa shape index (κ3) is 5.03. The molecule has 3 aromatic heterocycles. The molecule has 0 aliphatic carbocycles. The number of amides is 1. The van der Waals surface area contributed by atoms with Gasteiger partial charge in [-0.1, -0.05) is 17.7 Å². The number of hydrogen-bond acceptors (Lipinski definition) is 5. The van der Waals surface area contributed by atoms with E-state index in [1.165, 1.54) is 24.5 Å². The summed E-state index contributed by atoms with van der Waals surface area (Å²) in [5, 5.41) is 5.68. The summed E-state index contributed by atoms with van der Waals surface area (Å²) in [6.45, 7) is 0.176. The Morgan fingerprint density at radius 3 is 2.61 bits per heavy atom. The molecule has 0 atom stereocenters. The summed E-state index contributed by atoms with van der Waals surface area (Å²) in [4.78, 5) is 27.0. The molecule has 4 rings (SSSR count). The van der Waals surface area contributed by atoms with Crippen LogP contribution in [0, 0.1) is 5.82 Å². The van der Waals surface area contributed by atoms with Crippen molar-refractivity contribution < 1.29 is 22.4 Å². The molecule has 7 nitrogen and oxygen atoms in total. The second-order valence-electron chi connectivity index (χ2n) is 6.98. The number of halogens is 5. The van der Waals surface area contributed by atoms with Gasteiger partial charge < -0.3 is 15.6 Å². The van der Waals surface area contributed by atoms with Crippen LogP contribution in [0.3, 0.4) is 0 Å². The van der Waals surface area contributed by atoms with E-state index in [9.17, 15) is 22.4 Å². The summed E-state index contributed by atoms with van der Waals surface area (Å²) in [6, 6.07) is 6.59. The summed E-state index contributed by atoms with van der Waals surface area (Å²) in [5.41, 5.74) is 1.32. The summed E-state index contributed by atoms with van der Waals surface area (Å²) in [7, 11) is 0. The Bertz CT molecular complexity index is 1320. The van der Waals surface area contributed by atoms with Crippen LogP contribution in [-0.2, 0) is 19.3 Å². The van der Waals surface area contributed by atoms with Crippen LogP contribution in [0.5, 0.6) is 0 Å². The first kappa shape index (κ1) is 22.5. The zero-order chi connectivity index (χ0) is 23.6. The van der Waals surface area contributed by atoms with Crippen molar-refractivity contribution >= 4 is 34.2 Å². The van der Waals surface area contributed by atoms with E-state index in [1.54, 1.807) is 12.3 Å². The highest BCUT2D eigenvalue weighted by molar-refractivity contribution is 6.30. The van der Waals surface area contributed by atoms with E-state index in [-0.39, 0.29) is 22.8 Å². The second kappa shape index (κ2) is 9.02. The number of carbonyl (C=O) groups is 1. The summed E-state index contributed by atoms with van der Waals surface area (Å²) >= 11 is 5.80. The molecule has 0 aliphatic rings. The number of pyridine rings is 1. The number of alkyl halides is 3. The van der Waals surface area contributed by atoms with E-state index < -0.39 is 23.6 Å². The first-order chi connectivity index (χ1) is 15.7. The second-order valence-corrected chi connectivity index (χ2v) is 7.39. The molecule has 0 saturated carbocycles. The number of aromatic nitrogens is 4. The van der Waals surface area contributed by atoms with E-state index in [1.807, 2.05) is 0 Å². The predicted octanol–water partition coefficient (Wildman–Crippen LogP) is 4.71. The summed E-state index contributed by atoms with van der Waals surface area (Å²) in [6.07, 6.45) is -0.741. The third-order valence-corrected chi connectivity index (χ3v) is 5.00. The number of nitrogens with one attached hydrogen (secondary N) is 3.